The molecular formula is C16H20N4O. The maximum Gasteiger partial charge on any atom is 0.320 e. The second-order valence-electron chi connectivity index (χ2n) is 4.83. The van der Waals surface area contributed by atoms with Gasteiger partial charge in [0.1, 0.15) is 5.82 Å². The Morgan fingerprint density at radius 3 is 2.52 bits per heavy atom. The van der Waals surface area contributed by atoms with Crippen LogP contribution in [0.2, 0.25) is 0 Å². The van der Waals surface area contributed by atoms with Crippen molar-refractivity contribution >= 4 is 11.8 Å². The van der Waals surface area contributed by atoms with Crippen molar-refractivity contribution in [1.82, 2.24) is 10.3 Å². The van der Waals surface area contributed by atoms with Gasteiger partial charge >= 0.3 is 6.03 Å². The number of anilines is 1. The van der Waals surface area contributed by atoms with E-state index in [1.54, 1.807) is 6.07 Å². The summed E-state index contributed by atoms with van der Waals surface area (Å²) in [7, 11) is 0. The zero-order chi connectivity index (χ0) is 15.1. The first-order valence-corrected chi connectivity index (χ1v) is 6.94. The summed E-state index contributed by atoms with van der Waals surface area (Å²) < 4.78 is 0. The lowest BCUT2D eigenvalue weighted by Crippen LogP contribution is -2.28. The Bertz CT molecular complexity index is 595. The summed E-state index contributed by atoms with van der Waals surface area (Å²) >= 11 is 0. The Morgan fingerprint density at radius 2 is 1.86 bits per heavy atom. The van der Waals surface area contributed by atoms with Crippen molar-refractivity contribution < 1.29 is 4.79 Å². The molecule has 0 aliphatic carbocycles. The average Bonchev–Trinajstić information content (AvgIpc) is 2.47. The standard InChI is InChI=1S/C16H20N4O/c1-12-3-2-4-15(19-12)20-16(21)18-11-14-7-5-13(6-8-14)9-10-17/h2-8H,9-11,17H2,1H3,(H2,18,19,20,21). The normalized spacial score (nSPS) is 10.2. The number of nitrogens with one attached hydrogen (secondary N) is 2. The summed E-state index contributed by atoms with van der Waals surface area (Å²) in [6.07, 6.45) is 0.868. The number of nitrogens with zero attached hydrogens (tertiary/aromatic N) is 1. The Hall–Kier alpha value is -2.40. The van der Waals surface area contributed by atoms with Gasteiger partial charge in [-0.3, -0.25) is 5.32 Å². The lowest BCUT2D eigenvalue weighted by atomic mass is 10.1. The zero-order valence-corrected chi connectivity index (χ0v) is 12.1. The van der Waals surface area contributed by atoms with Crippen LogP contribution in [0.1, 0.15) is 16.8 Å². The molecule has 2 rings (SSSR count). The lowest BCUT2D eigenvalue weighted by Gasteiger charge is -2.08. The number of urea groups is 1. The van der Waals surface area contributed by atoms with Gasteiger partial charge in [0.25, 0.3) is 0 Å². The first kappa shape index (κ1) is 15.0. The number of carbonyl (C=O) groups excluding carboxylic acids is 1. The van der Waals surface area contributed by atoms with Crippen LogP contribution in [-0.4, -0.2) is 17.6 Å². The van der Waals surface area contributed by atoms with Crippen molar-refractivity contribution in [1.29, 1.82) is 0 Å². The van der Waals surface area contributed by atoms with Gasteiger partial charge in [-0.2, -0.15) is 0 Å². The Labute approximate surface area is 124 Å². The molecule has 1 aromatic heterocycles. The Balaban J connectivity index is 1.83. The van der Waals surface area contributed by atoms with Crippen LogP contribution in [0, 0.1) is 6.92 Å². The molecule has 0 spiro atoms. The van der Waals surface area contributed by atoms with Gasteiger partial charge in [-0.1, -0.05) is 30.3 Å². The molecule has 4 N–H and O–H groups in total. The van der Waals surface area contributed by atoms with Crippen molar-refractivity contribution in [3.05, 3.63) is 59.3 Å². The molecule has 0 unspecified atom stereocenters. The third-order valence-corrected chi connectivity index (χ3v) is 3.04. The van der Waals surface area contributed by atoms with Crippen molar-refractivity contribution in [2.24, 2.45) is 5.73 Å². The first-order valence-electron chi connectivity index (χ1n) is 6.94. The van der Waals surface area contributed by atoms with Crippen LogP contribution in [0.3, 0.4) is 0 Å². The molecule has 1 heterocycles. The fourth-order valence-electron chi connectivity index (χ4n) is 1.95. The molecule has 0 atom stereocenters. The summed E-state index contributed by atoms with van der Waals surface area (Å²) in [6, 6.07) is 13.3. The molecule has 1 aromatic carbocycles. The molecule has 0 radical (unpaired) electrons. The second-order valence-corrected chi connectivity index (χ2v) is 4.83. The molecule has 5 nitrogen and oxygen atoms in total. The van der Waals surface area contributed by atoms with Gasteiger partial charge in [-0.25, -0.2) is 9.78 Å². The Morgan fingerprint density at radius 1 is 1.14 bits per heavy atom. The van der Waals surface area contributed by atoms with Gasteiger partial charge in [-0.05, 0) is 43.1 Å². The smallest absolute Gasteiger partial charge is 0.320 e. The fraction of sp³-hybridized carbons (Fsp3) is 0.250. The monoisotopic (exact) mass is 284 g/mol. The predicted molar refractivity (Wildman–Crippen MR) is 84.0 cm³/mol. The number of aromatic nitrogens is 1. The van der Waals surface area contributed by atoms with E-state index in [2.05, 4.69) is 15.6 Å². The van der Waals surface area contributed by atoms with Crippen LogP contribution in [0.25, 0.3) is 0 Å². The van der Waals surface area contributed by atoms with Crippen LogP contribution in [-0.2, 0) is 13.0 Å². The predicted octanol–water partition coefficient (Wildman–Crippen LogP) is 2.21. The van der Waals surface area contributed by atoms with Crippen LogP contribution in [0.5, 0.6) is 0 Å². The number of rotatable bonds is 5. The number of amides is 2. The van der Waals surface area contributed by atoms with E-state index in [-0.39, 0.29) is 6.03 Å². The maximum atomic E-state index is 11.8. The van der Waals surface area contributed by atoms with Gasteiger partial charge in [-0.15, -0.1) is 0 Å². The molecule has 2 amide bonds. The van der Waals surface area contributed by atoms with Crippen molar-refractivity contribution in [3.8, 4) is 0 Å². The van der Waals surface area contributed by atoms with Gasteiger partial charge in [0.15, 0.2) is 0 Å². The number of benzene rings is 1. The minimum atomic E-state index is -0.265. The van der Waals surface area contributed by atoms with E-state index in [0.717, 1.165) is 17.7 Å². The van der Waals surface area contributed by atoms with Gasteiger partial charge in [0.2, 0.25) is 0 Å². The van der Waals surface area contributed by atoms with E-state index in [1.807, 2.05) is 43.3 Å². The van der Waals surface area contributed by atoms with E-state index in [9.17, 15) is 4.79 Å². The highest BCUT2D eigenvalue weighted by Gasteiger charge is 2.02. The first-order chi connectivity index (χ1) is 10.2. The molecule has 0 bridgehead atoms. The summed E-state index contributed by atoms with van der Waals surface area (Å²) in [6.45, 7) is 3.00. The van der Waals surface area contributed by atoms with E-state index >= 15 is 0 Å². The number of pyridine rings is 1. The average molecular weight is 284 g/mol. The molecule has 110 valence electrons. The van der Waals surface area contributed by atoms with E-state index in [4.69, 9.17) is 5.73 Å². The van der Waals surface area contributed by atoms with Crippen LogP contribution >= 0.6 is 0 Å². The molecule has 21 heavy (non-hydrogen) atoms. The van der Waals surface area contributed by atoms with Crippen molar-refractivity contribution in [2.75, 3.05) is 11.9 Å². The third kappa shape index (κ3) is 4.89. The van der Waals surface area contributed by atoms with E-state index in [0.29, 0.717) is 18.9 Å². The quantitative estimate of drug-likeness (QED) is 0.787. The largest absolute Gasteiger partial charge is 0.334 e. The minimum Gasteiger partial charge on any atom is -0.334 e. The maximum absolute atomic E-state index is 11.8. The van der Waals surface area contributed by atoms with E-state index < -0.39 is 0 Å². The van der Waals surface area contributed by atoms with Crippen molar-refractivity contribution in [3.63, 3.8) is 0 Å². The highest BCUT2D eigenvalue weighted by Crippen LogP contribution is 2.06. The molecule has 2 aromatic rings. The Kier molecular flexibility index (Phi) is 5.29. The zero-order valence-electron chi connectivity index (χ0n) is 12.1. The summed E-state index contributed by atoms with van der Waals surface area (Å²) in [5.74, 6) is 0.547. The molecule has 0 aliphatic rings. The molecule has 0 aliphatic heterocycles. The summed E-state index contributed by atoms with van der Waals surface area (Å²) in [5, 5.41) is 5.51. The van der Waals surface area contributed by atoms with Gasteiger partial charge in [0, 0.05) is 12.2 Å². The number of carbonyl (C=O) groups is 1. The van der Waals surface area contributed by atoms with Crippen molar-refractivity contribution in [2.45, 2.75) is 19.9 Å². The summed E-state index contributed by atoms with van der Waals surface area (Å²) in [4.78, 5) is 16.0. The topological polar surface area (TPSA) is 80.0 Å². The minimum absolute atomic E-state index is 0.265. The van der Waals surface area contributed by atoms with Gasteiger partial charge in [0.05, 0.1) is 0 Å². The molecule has 0 saturated carbocycles. The second kappa shape index (κ2) is 7.40. The van der Waals surface area contributed by atoms with Crippen LogP contribution in [0.15, 0.2) is 42.5 Å². The molecule has 5 heteroatoms. The molecule has 0 fully saturated rings. The van der Waals surface area contributed by atoms with E-state index in [1.165, 1.54) is 5.56 Å². The third-order valence-electron chi connectivity index (χ3n) is 3.04. The van der Waals surface area contributed by atoms with Crippen LogP contribution in [0.4, 0.5) is 10.6 Å². The summed E-state index contributed by atoms with van der Waals surface area (Å²) in [5.41, 5.74) is 8.62. The molecule has 0 saturated heterocycles. The number of hydrogen-bond donors (Lipinski definition) is 3. The lowest BCUT2D eigenvalue weighted by molar-refractivity contribution is 0.251. The van der Waals surface area contributed by atoms with Crippen LogP contribution < -0.4 is 16.4 Å². The highest BCUT2D eigenvalue weighted by molar-refractivity contribution is 5.88. The SMILES string of the molecule is Cc1cccc(NC(=O)NCc2ccc(CCN)cc2)n1. The fourth-order valence-corrected chi connectivity index (χ4v) is 1.95. The number of hydrogen-bond acceptors (Lipinski definition) is 3. The number of aryl methyl sites for hydroxylation is 1. The molecular weight excluding hydrogens is 264 g/mol. The van der Waals surface area contributed by atoms with Gasteiger partial charge < -0.3 is 11.1 Å². The highest BCUT2D eigenvalue weighted by atomic mass is 16.2. The number of nitrogens with two attached hydrogens (primary N) is 1.